The number of ether oxygens (including phenoxy) is 2. The van der Waals surface area contributed by atoms with Crippen molar-refractivity contribution in [3.63, 3.8) is 0 Å². The predicted molar refractivity (Wildman–Crippen MR) is 99.1 cm³/mol. The fourth-order valence-corrected chi connectivity index (χ4v) is 2.85. The van der Waals surface area contributed by atoms with E-state index in [1.807, 2.05) is 6.92 Å². The monoisotopic (exact) mass is 387 g/mol. The van der Waals surface area contributed by atoms with E-state index in [0.29, 0.717) is 21.9 Å². The molecule has 0 radical (unpaired) electrons. The van der Waals surface area contributed by atoms with Gasteiger partial charge >= 0.3 is 5.97 Å². The number of benzene rings is 2. The van der Waals surface area contributed by atoms with Crippen LogP contribution in [0.25, 0.3) is 0 Å². The Bertz CT molecular complexity index is 878. The molecule has 2 aromatic rings. The van der Waals surface area contributed by atoms with E-state index >= 15 is 0 Å². The van der Waals surface area contributed by atoms with Crippen LogP contribution in [0.3, 0.4) is 0 Å². The van der Waals surface area contributed by atoms with Crippen molar-refractivity contribution in [2.75, 3.05) is 19.8 Å². The second-order valence-electron chi connectivity index (χ2n) is 6.08. The molecule has 2 amide bonds. The number of halogens is 1. The van der Waals surface area contributed by atoms with Gasteiger partial charge in [0.05, 0.1) is 17.5 Å². The maximum atomic E-state index is 12.3. The molecule has 0 aromatic heterocycles. The first-order chi connectivity index (χ1) is 13.0. The van der Waals surface area contributed by atoms with Gasteiger partial charge in [-0.15, -0.1) is 0 Å². The van der Waals surface area contributed by atoms with Gasteiger partial charge in [-0.3, -0.25) is 19.3 Å². The first kappa shape index (κ1) is 18.9. The van der Waals surface area contributed by atoms with Crippen molar-refractivity contribution in [2.24, 2.45) is 0 Å². The minimum absolute atomic E-state index is 0.0116. The molecule has 0 N–H and O–H groups in total. The van der Waals surface area contributed by atoms with Crippen molar-refractivity contribution in [1.29, 1.82) is 0 Å². The van der Waals surface area contributed by atoms with E-state index in [1.54, 1.807) is 42.5 Å². The number of esters is 1. The molecule has 0 fully saturated rings. The fraction of sp³-hybridized carbons (Fsp3) is 0.250. The second-order valence-corrected chi connectivity index (χ2v) is 6.52. The molecule has 27 heavy (non-hydrogen) atoms. The number of hydrogen-bond donors (Lipinski definition) is 0. The molecular weight excluding hydrogens is 370 g/mol. The van der Waals surface area contributed by atoms with Crippen LogP contribution >= 0.6 is 11.6 Å². The van der Waals surface area contributed by atoms with Gasteiger partial charge in [-0.05, 0) is 43.3 Å². The molecular formula is C20H18ClNO5. The van der Waals surface area contributed by atoms with Gasteiger partial charge in [0.15, 0.2) is 0 Å². The third-order valence-corrected chi connectivity index (χ3v) is 4.35. The fourth-order valence-electron chi connectivity index (χ4n) is 2.73. The van der Waals surface area contributed by atoms with E-state index in [4.69, 9.17) is 21.1 Å². The third-order valence-electron chi connectivity index (χ3n) is 4.09. The molecule has 2 aromatic carbocycles. The highest BCUT2D eigenvalue weighted by Crippen LogP contribution is 2.24. The molecule has 6 nitrogen and oxygen atoms in total. The van der Waals surface area contributed by atoms with Crippen LogP contribution < -0.4 is 4.74 Å². The predicted octanol–water partition coefficient (Wildman–Crippen LogP) is 3.26. The molecule has 0 unspecified atom stereocenters. The lowest BCUT2D eigenvalue weighted by Crippen LogP contribution is -2.32. The summed E-state index contributed by atoms with van der Waals surface area (Å²) in [6.45, 7) is 2.11. The molecule has 140 valence electrons. The van der Waals surface area contributed by atoms with Gasteiger partial charge in [-0.25, -0.2) is 0 Å². The zero-order chi connectivity index (χ0) is 19.4. The summed E-state index contributed by atoms with van der Waals surface area (Å²) in [4.78, 5) is 37.6. The molecule has 0 saturated carbocycles. The van der Waals surface area contributed by atoms with Crippen LogP contribution in [0.1, 0.15) is 32.7 Å². The van der Waals surface area contributed by atoms with Crippen molar-refractivity contribution < 1.29 is 23.9 Å². The maximum absolute atomic E-state index is 12.3. The molecule has 0 bridgehead atoms. The van der Waals surface area contributed by atoms with Crippen LogP contribution in [0.2, 0.25) is 5.02 Å². The summed E-state index contributed by atoms with van der Waals surface area (Å²) in [6, 6.07) is 11.9. The maximum Gasteiger partial charge on any atom is 0.307 e. The number of imide groups is 1. The first-order valence-corrected chi connectivity index (χ1v) is 8.84. The van der Waals surface area contributed by atoms with Crippen LogP contribution in [0.4, 0.5) is 0 Å². The molecule has 0 spiro atoms. The van der Waals surface area contributed by atoms with E-state index in [9.17, 15) is 14.4 Å². The lowest BCUT2D eigenvalue weighted by molar-refractivity contribution is -0.144. The van der Waals surface area contributed by atoms with Gasteiger partial charge in [0.25, 0.3) is 11.8 Å². The number of fused-ring (bicyclic) bond motifs is 1. The zero-order valence-electron chi connectivity index (χ0n) is 14.7. The van der Waals surface area contributed by atoms with Crippen LogP contribution in [0.15, 0.2) is 42.5 Å². The summed E-state index contributed by atoms with van der Waals surface area (Å²) in [5, 5.41) is 0.608. The summed E-state index contributed by atoms with van der Waals surface area (Å²) < 4.78 is 10.5. The highest BCUT2D eigenvalue weighted by atomic mass is 35.5. The average molecular weight is 388 g/mol. The van der Waals surface area contributed by atoms with E-state index < -0.39 is 5.97 Å². The summed E-state index contributed by atoms with van der Waals surface area (Å²) in [5.41, 5.74) is 1.65. The van der Waals surface area contributed by atoms with E-state index in [1.165, 1.54) is 0 Å². The Morgan fingerprint density at radius 2 is 1.70 bits per heavy atom. The van der Waals surface area contributed by atoms with E-state index in [-0.39, 0.29) is 38.0 Å². The Balaban J connectivity index is 1.42. The molecule has 0 saturated heterocycles. The lowest BCUT2D eigenvalue weighted by Gasteiger charge is -2.13. The Hall–Kier alpha value is -2.86. The van der Waals surface area contributed by atoms with Crippen molar-refractivity contribution in [2.45, 2.75) is 13.3 Å². The zero-order valence-corrected chi connectivity index (χ0v) is 15.5. The topological polar surface area (TPSA) is 72.9 Å². The SMILES string of the molecule is Cc1ccc2c(c1)C(=O)N(CCC(=O)OCCOc1ccc(Cl)cc1)C2=O. The highest BCUT2D eigenvalue weighted by molar-refractivity contribution is 6.30. The number of carbonyl (C=O) groups is 3. The van der Waals surface area contributed by atoms with Crippen molar-refractivity contribution in [3.05, 3.63) is 64.2 Å². The van der Waals surface area contributed by atoms with Gasteiger partial charge in [-0.2, -0.15) is 0 Å². The smallest absolute Gasteiger partial charge is 0.307 e. The summed E-state index contributed by atoms with van der Waals surface area (Å²) in [5.74, 6) is -0.634. The molecule has 1 aliphatic heterocycles. The van der Waals surface area contributed by atoms with Gasteiger partial charge in [-0.1, -0.05) is 23.2 Å². The van der Waals surface area contributed by atoms with Crippen molar-refractivity contribution in [1.82, 2.24) is 4.90 Å². The third kappa shape index (κ3) is 4.46. The summed E-state index contributed by atoms with van der Waals surface area (Å²) in [7, 11) is 0. The number of amides is 2. The molecule has 0 atom stereocenters. The van der Waals surface area contributed by atoms with Crippen LogP contribution in [0, 0.1) is 6.92 Å². The summed E-state index contributed by atoms with van der Waals surface area (Å²) in [6.07, 6.45) is -0.0641. The summed E-state index contributed by atoms with van der Waals surface area (Å²) >= 11 is 5.78. The number of aryl methyl sites for hydroxylation is 1. The molecule has 7 heteroatoms. The number of carbonyl (C=O) groups excluding carboxylic acids is 3. The number of hydrogen-bond acceptors (Lipinski definition) is 5. The Labute approximate surface area is 161 Å². The first-order valence-electron chi connectivity index (χ1n) is 8.46. The Kier molecular flexibility index (Phi) is 5.76. The quantitative estimate of drug-likeness (QED) is 0.414. The van der Waals surface area contributed by atoms with Crippen molar-refractivity contribution in [3.8, 4) is 5.75 Å². The Morgan fingerprint density at radius 1 is 1.00 bits per heavy atom. The second kappa shape index (κ2) is 8.22. The Morgan fingerprint density at radius 3 is 2.44 bits per heavy atom. The number of nitrogens with zero attached hydrogens (tertiary/aromatic N) is 1. The van der Waals surface area contributed by atoms with E-state index in [2.05, 4.69) is 0 Å². The molecule has 1 heterocycles. The van der Waals surface area contributed by atoms with Gasteiger partial charge < -0.3 is 9.47 Å². The molecule has 3 rings (SSSR count). The largest absolute Gasteiger partial charge is 0.490 e. The molecule has 1 aliphatic rings. The standard InChI is InChI=1S/C20H18ClNO5/c1-13-2-7-16-17(12-13)20(25)22(19(16)24)9-8-18(23)27-11-10-26-15-5-3-14(21)4-6-15/h2-7,12H,8-11H2,1H3. The van der Waals surface area contributed by atoms with Gasteiger partial charge in [0, 0.05) is 11.6 Å². The van der Waals surface area contributed by atoms with Crippen LogP contribution in [-0.4, -0.2) is 42.4 Å². The van der Waals surface area contributed by atoms with Crippen LogP contribution in [0.5, 0.6) is 5.75 Å². The number of rotatable bonds is 7. The minimum Gasteiger partial charge on any atom is -0.490 e. The highest BCUT2D eigenvalue weighted by Gasteiger charge is 2.35. The van der Waals surface area contributed by atoms with Gasteiger partial charge in [0.2, 0.25) is 0 Å². The van der Waals surface area contributed by atoms with Crippen molar-refractivity contribution >= 4 is 29.4 Å². The minimum atomic E-state index is -0.498. The molecule has 0 aliphatic carbocycles. The van der Waals surface area contributed by atoms with Gasteiger partial charge in [0.1, 0.15) is 19.0 Å². The van der Waals surface area contributed by atoms with E-state index in [0.717, 1.165) is 10.5 Å². The normalized spacial score (nSPS) is 12.9. The van der Waals surface area contributed by atoms with Crippen LogP contribution in [-0.2, 0) is 9.53 Å². The lowest BCUT2D eigenvalue weighted by atomic mass is 10.1. The average Bonchev–Trinajstić information content (AvgIpc) is 2.88.